The van der Waals surface area contributed by atoms with E-state index in [1.807, 2.05) is 39.2 Å². The number of hydrogen-bond acceptors (Lipinski definition) is 8. The van der Waals surface area contributed by atoms with Crippen LogP contribution in [-0.4, -0.2) is 37.8 Å². The summed E-state index contributed by atoms with van der Waals surface area (Å²) >= 11 is 0. The number of aromatic nitrogens is 4. The number of nitrogens with two attached hydrogens (primary N) is 1. The van der Waals surface area contributed by atoms with E-state index in [4.69, 9.17) is 19.5 Å². The summed E-state index contributed by atoms with van der Waals surface area (Å²) in [6.07, 6.45) is 4.61. The normalized spacial score (nSPS) is 20.9. The third-order valence-electron chi connectivity index (χ3n) is 4.10. The van der Waals surface area contributed by atoms with Crippen molar-refractivity contribution in [3.8, 4) is 0 Å². The number of ether oxygens (including phenoxy) is 1. The first kappa shape index (κ1) is 19.8. The second kappa shape index (κ2) is 7.58. The molecule has 2 N–H and O–H groups in total. The van der Waals surface area contributed by atoms with Crippen LogP contribution in [0.15, 0.2) is 24.2 Å². The fourth-order valence-corrected chi connectivity index (χ4v) is 5.03. The molecule has 0 saturated carbocycles. The quantitative estimate of drug-likeness (QED) is 0.737. The smallest absolute Gasteiger partial charge is 0.395 e. The molecule has 0 amide bonds. The van der Waals surface area contributed by atoms with Crippen molar-refractivity contribution >= 4 is 24.6 Å². The van der Waals surface area contributed by atoms with Crippen molar-refractivity contribution in [2.45, 2.75) is 65.4 Å². The molecule has 0 radical (unpaired) electrons. The van der Waals surface area contributed by atoms with Gasteiger partial charge in [-0.15, -0.1) is 0 Å². The lowest BCUT2D eigenvalue weighted by atomic mass is 10.1. The molecule has 2 aromatic heterocycles. The number of anilines is 1. The van der Waals surface area contributed by atoms with Gasteiger partial charge in [0, 0.05) is 0 Å². The van der Waals surface area contributed by atoms with Crippen LogP contribution in [0.3, 0.4) is 0 Å². The minimum atomic E-state index is -3.54. The Balaban J connectivity index is 1.91. The minimum absolute atomic E-state index is 0.0837. The molecule has 0 fully saturated rings. The van der Waals surface area contributed by atoms with Gasteiger partial charge in [0.2, 0.25) is 5.50 Å². The van der Waals surface area contributed by atoms with Crippen molar-refractivity contribution in [3.05, 3.63) is 24.2 Å². The van der Waals surface area contributed by atoms with E-state index in [-0.39, 0.29) is 29.9 Å². The molecular weight excluding hydrogens is 369 g/mol. The van der Waals surface area contributed by atoms with Gasteiger partial charge in [0.15, 0.2) is 11.5 Å². The lowest BCUT2D eigenvalue weighted by molar-refractivity contribution is 0.0625. The molecule has 2 aromatic rings. The summed E-state index contributed by atoms with van der Waals surface area (Å²) in [5.41, 5.74) is 7.31. The number of fused-ring (bicyclic) bond motifs is 1. The Kier molecular flexibility index (Phi) is 5.55. The summed E-state index contributed by atoms with van der Waals surface area (Å²) in [4.78, 5) is 12.6. The maximum atomic E-state index is 13.3. The van der Waals surface area contributed by atoms with Crippen molar-refractivity contribution < 1.29 is 18.3 Å². The van der Waals surface area contributed by atoms with Crippen LogP contribution in [0.2, 0.25) is 0 Å². The van der Waals surface area contributed by atoms with Gasteiger partial charge in [-0.2, -0.15) is 0 Å². The summed E-state index contributed by atoms with van der Waals surface area (Å²) < 4.78 is 32.5. The number of nitrogen functional groups attached to an aromatic ring is 1. The Morgan fingerprint density at radius 1 is 1.22 bits per heavy atom. The van der Waals surface area contributed by atoms with Gasteiger partial charge in [0.05, 0.1) is 24.6 Å². The lowest BCUT2D eigenvalue weighted by Crippen LogP contribution is -2.28. The Morgan fingerprint density at radius 2 is 1.89 bits per heavy atom. The second-order valence-corrected chi connectivity index (χ2v) is 8.91. The van der Waals surface area contributed by atoms with Crippen LogP contribution in [0.1, 0.15) is 47.1 Å². The van der Waals surface area contributed by atoms with Gasteiger partial charge in [-0.3, -0.25) is 4.57 Å². The van der Waals surface area contributed by atoms with Crippen molar-refractivity contribution in [3.63, 3.8) is 0 Å². The predicted octanol–water partition coefficient (Wildman–Crippen LogP) is 3.64. The van der Waals surface area contributed by atoms with E-state index < -0.39 is 7.60 Å². The molecule has 3 heterocycles. The van der Waals surface area contributed by atoms with E-state index in [0.29, 0.717) is 23.4 Å². The van der Waals surface area contributed by atoms with E-state index in [1.54, 1.807) is 12.4 Å². The van der Waals surface area contributed by atoms with Crippen LogP contribution in [0, 0.1) is 0 Å². The van der Waals surface area contributed by atoms with E-state index in [0.717, 1.165) is 0 Å². The molecule has 148 valence electrons. The van der Waals surface area contributed by atoms with Gasteiger partial charge in [-0.05, 0) is 47.1 Å². The van der Waals surface area contributed by atoms with Crippen LogP contribution in [-0.2, 0) is 18.3 Å². The van der Waals surface area contributed by atoms with Gasteiger partial charge in [0.25, 0.3) is 0 Å². The van der Waals surface area contributed by atoms with Crippen LogP contribution in [0.4, 0.5) is 5.82 Å². The molecular formula is C17H26N5O4P. The van der Waals surface area contributed by atoms with Crippen molar-refractivity contribution in [1.29, 1.82) is 0 Å². The predicted molar refractivity (Wildman–Crippen MR) is 102 cm³/mol. The summed E-state index contributed by atoms with van der Waals surface area (Å²) in [6, 6.07) is -0.0837. The molecule has 0 aromatic carbocycles. The van der Waals surface area contributed by atoms with Gasteiger partial charge in [-0.25, -0.2) is 15.0 Å². The van der Waals surface area contributed by atoms with Crippen molar-refractivity contribution in [1.82, 2.24) is 19.5 Å². The largest absolute Gasteiger partial charge is 0.481 e. The monoisotopic (exact) mass is 395 g/mol. The van der Waals surface area contributed by atoms with Crippen LogP contribution >= 0.6 is 7.60 Å². The standard InChI is InChI=1S/C17H26N5O4P/c1-10(2)25-27(23,26-11(3)4)14-7-6-13(12(5)24-14)22-9-21-15-16(18)19-8-20-17(15)22/h7-13H,6H2,1-5H3,(H2,18,19,20)/t12-,13-/m0/s1. The third-order valence-corrected chi connectivity index (χ3v) is 6.32. The number of rotatable bonds is 6. The van der Waals surface area contributed by atoms with E-state index in [1.165, 1.54) is 6.33 Å². The number of allylic oxidation sites excluding steroid dienone is 1. The fraction of sp³-hybridized carbons (Fsp3) is 0.588. The first-order chi connectivity index (χ1) is 12.7. The molecule has 0 bridgehead atoms. The molecule has 27 heavy (non-hydrogen) atoms. The Labute approximate surface area is 158 Å². The topological polar surface area (TPSA) is 114 Å². The zero-order valence-electron chi connectivity index (χ0n) is 16.2. The third kappa shape index (κ3) is 4.00. The van der Waals surface area contributed by atoms with Gasteiger partial charge in [0.1, 0.15) is 17.9 Å². The van der Waals surface area contributed by atoms with Gasteiger partial charge >= 0.3 is 7.60 Å². The average molecular weight is 395 g/mol. The van der Waals surface area contributed by atoms with Crippen molar-refractivity contribution in [2.24, 2.45) is 0 Å². The average Bonchev–Trinajstić information content (AvgIpc) is 2.98. The Bertz CT molecular complexity index is 881. The van der Waals surface area contributed by atoms with Crippen LogP contribution < -0.4 is 5.73 Å². The van der Waals surface area contributed by atoms with Gasteiger partial charge < -0.3 is 24.1 Å². The van der Waals surface area contributed by atoms with Crippen LogP contribution in [0.25, 0.3) is 11.2 Å². The Hall–Kier alpha value is -1.96. The maximum absolute atomic E-state index is 13.3. The molecule has 0 saturated heterocycles. The molecule has 0 unspecified atom stereocenters. The molecule has 1 aliphatic heterocycles. The number of nitrogens with zero attached hydrogens (tertiary/aromatic N) is 4. The summed E-state index contributed by atoms with van der Waals surface area (Å²) in [7, 11) is -3.54. The SMILES string of the molecule is CC(C)OP(=O)(OC(C)C)C1=CC[C@H](n2cnc3c(N)ncnc32)[C@H](C)O1. The van der Waals surface area contributed by atoms with E-state index in [2.05, 4.69) is 15.0 Å². The first-order valence-electron chi connectivity index (χ1n) is 8.98. The minimum Gasteiger partial charge on any atom is -0.481 e. The van der Waals surface area contributed by atoms with Crippen LogP contribution in [0.5, 0.6) is 0 Å². The Morgan fingerprint density at radius 3 is 2.48 bits per heavy atom. The zero-order valence-corrected chi connectivity index (χ0v) is 17.1. The molecule has 1 aliphatic rings. The summed E-state index contributed by atoms with van der Waals surface area (Å²) in [5, 5.41) is 0. The molecule has 3 rings (SSSR count). The van der Waals surface area contributed by atoms with Crippen molar-refractivity contribution in [2.75, 3.05) is 5.73 Å². The molecule has 9 nitrogen and oxygen atoms in total. The number of imidazole rings is 1. The highest BCUT2D eigenvalue weighted by Gasteiger charge is 2.39. The molecule has 0 aliphatic carbocycles. The molecule has 0 spiro atoms. The maximum Gasteiger partial charge on any atom is 0.395 e. The van der Waals surface area contributed by atoms with E-state index >= 15 is 0 Å². The highest BCUT2D eigenvalue weighted by Crippen LogP contribution is 2.60. The highest BCUT2D eigenvalue weighted by atomic mass is 31.2. The highest BCUT2D eigenvalue weighted by molar-refractivity contribution is 7.58. The second-order valence-electron chi connectivity index (χ2n) is 7.06. The van der Waals surface area contributed by atoms with E-state index in [9.17, 15) is 4.57 Å². The molecule has 10 heteroatoms. The molecule has 2 atom stereocenters. The zero-order chi connectivity index (χ0) is 19.8. The summed E-state index contributed by atoms with van der Waals surface area (Å²) in [5.74, 6) is 0.333. The lowest BCUT2D eigenvalue weighted by Gasteiger charge is -2.33. The first-order valence-corrected chi connectivity index (χ1v) is 10.5. The van der Waals surface area contributed by atoms with Gasteiger partial charge in [-0.1, -0.05) is 0 Å². The summed E-state index contributed by atoms with van der Waals surface area (Å²) in [6.45, 7) is 9.16. The fourth-order valence-electron chi connectivity index (χ4n) is 3.04. The number of hydrogen-bond donors (Lipinski definition) is 1.